The Morgan fingerprint density at radius 1 is 1.53 bits per heavy atom. The first-order valence-electron chi connectivity index (χ1n) is 7.04. The Bertz CT molecular complexity index is 288. The molecule has 0 saturated carbocycles. The lowest BCUT2D eigenvalue weighted by atomic mass is 9.95. The minimum Gasteiger partial charge on any atom is -0.468 e. The number of hydrogen-bond donors (Lipinski definition) is 1. The Labute approximate surface area is 121 Å². The molecule has 0 bridgehead atoms. The molecule has 1 heterocycles. The molecule has 0 aromatic carbocycles. The smallest absolute Gasteiger partial charge is 0.325 e. The maximum atomic E-state index is 11.7. The number of methoxy groups -OCH3 is 1. The van der Waals surface area contributed by atoms with Gasteiger partial charge in [-0.3, -0.25) is 4.79 Å². The second-order valence-corrected chi connectivity index (χ2v) is 6.65. The van der Waals surface area contributed by atoms with Crippen LogP contribution in [0.5, 0.6) is 0 Å². The van der Waals surface area contributed by atoms with Crippen molar-refractivity contribution >= 4 is 17.7 Å². The van der Waals surface area contributed by atoms with E-state index in [0.29, 0.717) is 11.4 Å². The van der Waals surface area contributed by atoms with E-state index in [1.54, 1.807) is 0 Å². The summed E-state index contributed by atoms with van der Waals surface area (Å²) in [6.45, 7) is 4.96. The molecule has 0 radical (unpaired) electrons. The molecule has 1 saturated heterocycles. The van der Waals surface area contributed by atoms with Crippen molar-refractivity contribution in [2.24, 2.45) is 0 Å². The van der Waals surface area contributed by atoms with Crippen molar-refractivity contribution < 1.29 is 14.3 Å². The van der Waals surface area contributed by atoms with Gasteiger partial charge in [0.15, 0.2) is 0 Å². The van der Waals surface area contributed by atoms with Crippen LogP contribution in [0.2, 0.25) is 0 Å². The Kier molecular flexibility index (Phi) is 7.18. The van der Waals surface area contributed by atoms with Gasteiger partial charge in [-0.15, -0.1) is 0 Å². The van der Waals surface area contributed by atoms with Gasteiger partial charge in [0.1, 0.15) is 5.54 Å². The van der Waals surface area contributed by atoms with Crippen LogP contribution in [-0.4, -0.2) is 49.4 Å². The molecule has 1 N–H and O–H groups in total. The van der Waals surface area contributed by atoms with Gasteiger partial charge in [-0.05, 0) is 45.9 Å². The third kappa shape index (κ3) is 4.97. The quantitative estimate of drug-likeness (QED) is 0.548. The molecule has 4 nitrogen and oxygen atoms in total. The third-order valence-corrected chi connectivity index (χ3v) is 5.47. The number of carbonyl (C=O) groups is 1. The second-order valence-electron chi connectivity index (χ2n) is 5.30. The van der Waals surface area contributed by atoms with Crippen molar-refractivity contribution in [1.29, 1.82) is 0 Å². The molecule has 1 aliphatic rings. The molecule has 5 heteroatoms. The van der Waals surface area contributed by atoms with Crippen LogP contribution in [0.3, 0.4) is 0 Å². The van der Waals surface area contributed by atoms with Crippen LogP contribution >= 0.6 is 11.8 Å². The van der Waals surface area contributed by atoms with Gasteiger partial charge in [-0.1, -0.05) is 6.42 Å². The average Bonchev–Trinajstić information content (AvgIpc) is 2.82. The highest BCUT2D eigenvalue weighted by Gasteiger charge is 2.31. The SMILES string of the molecule is CNC(C)(CCCCSC1CCOC1C)C(=O)OC. The van der Waals surface area contributed by atoms with Crippen molar-refractivity contribution in [2.45, 2.75) is 56.4 Å². The van der Waals surface area contributed by atoms with Gasteiger partial charge >= 0.3 is 5.97 Å². The Morgan fingerprint density at radius 3 is 2.79 bits per heavy atom. The molecule has 3 atom stereocenters. The zero-order chi connectivity index (χ0) is 14.3. The van der Waals surface area contributed by atoms with E-state index in [-0.39, 0.29) is 5.97 Å². The second kappa shape index (κ2) is 8.12. The first-order chi connectivity index (χ1) is 9.03. The van der Waals surface area contributed by atoms with Crippen LogP contribution in [0.1, 0.15) is 39.5 Å². The van der Waals surface area contributed by atoms with Crippen LogP contribution in [0.15, 0.2) is 0 Å². The zero-order valence-corrected chi connectivity index (χ0v) is 13.3. The summed E-state index contributed by atoms with van der Waals surface area (Å²) in [4.78, 5) is 11.7. The number of thioether (sulfide) groups is 1. The molecule has 1 aliphatic heterocycles. The normalized spacial score (nSPS) is 26.1. The monoisotopic (exact) mass is 289 g/mol. The first-order valence-corrected chi connectivity index (χ1v) is 8.09. The van der Waals surface area contributed by atoms with E-state index in [0.717, 1.165) is 31.6 Å². The largest absolute Gasteiger partial charge is 0.468 e. The minimum atomic E-state index is -0.552. The molecule has 1 rings (SSSR count). The maximum absolute atomic E-state index is 11.7. The van der Waals surface area contributed by atoms with E-state index in [1.165, 1.54) is 13.5 Å². The van der Waals surface area contributed by atoms with Gasteiger partial charge < -0.3 is 14.8 Å². The number of carbonyl (C=O) groups excluding carboxylic acids is 1. The predicted molar refractivity (Wildman–Crippen MR) is 79.6 cm³/mol. The van der Waals surface area contributed by atoms with Crippen molar-refractivity contribution in [3.05, 3.63) is 0 Å². The summed E-state index contributed by atoms with van der Waals surface area (Å²) in [6, 6.07) is 0. The molecule has 0 aromatic heterocycles. The van der Waals surface area contributed by atoms with Crippen LogP contribution in [0.25, 0.3) is 0 Å². The summed E-state index contributed by atoms with van der Waals surface area (Å²) in [5.74, 6) is 0.958. The van der Waals surface area contributed by atoms with Crippen LogP contribution in [0.4, 0.5) is 0 Å². The average molecular weight is 289 g/mol. The lowest BCUT2D eigenvalue weighted by Crippen LogP contribution is -2.48. The summed E-state index contributed by atoms with van der Waals surface area (Å²) in [6.07, 6.45) is 4.53. The van der Waals surface area contributed by atoms with Crippen molar-refractivity contribution in [3.63, 3.8) is 0 Å². The number of rotatable bonds is 8. The van der Waals surface area contributed by atoms with E-state index >= 15 is 0 Å². The van der Waals surface area contributed by atoms with Gasteiger partial charge in [0.25, 0.3) is 0 Å². The van der Waals surface area contributed by atoms with E-state index in [1.807, 2.05) is 25.7 Å². The maximum Gasteiger partial charge on any atom is 0.325 e. The predicted octanol–water partition coefficient (Wildman–Crippen LogP) is 2.22. The van der Waals surface area contributed by atoms with Crippen LogP contribution < -0.4 is 5.32 Å². The summed E-state index contributed by atoms with van der Waals surface area (Å²) in [5, 5.41) is 3.72. The highest BCUT2D eigenvalue weighted by atomic mass is 32.2. The number of esters is 1. The highest BCUT2D eigenvalue weighted by molar-refractivity contribution is 7.99. The van der Waals surface area contributed by atoms with Gasteiger partial charge in [0.2, 0.25) is 0 Å². The van der Waals surface area contributed by atoms with Crippen molar-refractivity contribution in [1.82, 2.24) is 5.32 Å². The molecule has 19 heavy (non-hydrogen) atoms. The van der Waals surface area contributed by atoms with E-state index in [2.05, 4.69) is 12.2 Å². The topological polar surface area (TPSA) is 47.6 Å². The lowest BCUT2D eigenvalue weighted by Gasteiger charge is -2.26. The van der Waals surface area contributed by atoms with E-state index in [9.17, 15) is 4.79 Å². The highest BCUT2D eigenvalue weighted by Crippen LogP contribution is 2.27. The molecule has 0 amide bonds. The van der Waals surface area contributed by atoms with Gasteiger partial charge in [0, 0.05) is 11.9 Å². The number of hydrogen-bond acceptors (Lipinski definition) is 5. The summed E-state index contributed by atoms with van der Waals surface area (Å²) < 4.78 is 10.4. The first kappa shape index (κ1) is 16.8. The summed E-state index contributed by atoms with van der Waals surface area (Å²) >= 11 is 2.00. The fraction of sp³-hybridized carbons (Fsp3) is 0.929. The number of likely N-dealkylation sites (N-methyl/N-ethyl adjacent to an activating group) is 1. The lowest BCUT2D eigenvalue weighted by molar-refractivity contribution is -0.148. The Balaban J connectivity index is 2.17. The zero-order valence-electron chi connectivity index (χ0n) is 12.5. The molecular weight excluding hydrogens is 262 g/mol. The van der Waals surface area contributed by atoms with Crippen LogP contribution in [-0.2, 0) is 14.3 Å². The summed E-state index contributed by atoms with van der Waals surface area (Å²) in [7, 11) is 3.25. The Hall–Kier alpha value is -0.260. The van der Waals surface area contributed by atoms with Crippen molar-refractivity contribution in [2.75, 3.05) is 26.5 Å². The molecule has 0 spiro atoms. The molecule has 3 unspecified atom stereocenters. The van der Waals surface area contributed by atoms with Gasteiger partial charge in [-0.2, -0.15) is 11.8 Å². The van der Waals surface area contributed by atoms with E-state index in [4.69, 9.17) is 9.47 Å². The summed E-state index contributed by atoms with van der Waals surface area (Å²) in [5.41, 5.74) is -0.552. The van der Waals surface area contributed by atoms with Crippen LogP contribution in [0, 0.1) is 0 Å². The third-order valence-electron chi connectivity index (χ3n) is 3.90. The molecular formula is C14H27NO3S. The fourth-order valence-electron chi connectivity index (χ4n) is 2.30. The van der Waals surface area contributed by atoms with Gasteiger partial charge in [-0.25, -0.2) is 0 Å². The molecule has 0 aliphatic carbocycles. The van der Waals surface area contributed by atoms with E-state index < -0.39 is 5.54 Å². The molecule has 1 fully saturated rings. The number of nitrogens with one attached hydrogen (secondary N) is 1. The fourth-order valence-corrected chi connectivity index (χ4v) is 3.59. The number of unbranched alkanes of at least 4 members (excludes halogenated alkanes) is 1. The standard InChI is InChI=1S/C14H27NO3S/c1-11-12(7-9-18-11)19-10-6-5-8-14(2,15-3)13(16)17-4/h11-12,15H,5-10H2,1-4H3. The molecule has 112 valence electrons. The minimum absolute atomic E-state index is 0.180. The van der Waals surface area contributed by atoms with Crippen molar-refractivity contribution in [3.8, 4) is 0 Å². The number of ether oxygens (including phenoxy) is 2. The Morgan fingerprint density at radius 2 is 2.26 bits per heavy atom. The van der Waals surface area contributed by atoms with Gasteiger partial charge in [0.05, 0.1) is 13.2 Å². The molecule has 0 aromatic rings.